The Kier molecular flexibility index (Phi) is 4.44. The van der Waals surface area contributed by atoms with Crippen molar-refractivity contribution in [3.8, 4) is 0 Å². The molecule has 4 aromatic carbocycles. The lowest BCUT2D eigenvalue weighted by molar-refractivity contribution is -0.110. The number of rotatable bonds is 4. The number of fused-ring (bicyclic) bond motifs is 2. The van der Waals surface area contributed by atoms with Gasteiger partial charge in [-0.15, -0.1) is 0 Å². The molecular weight excluding hydrogens is 316 g/mol. The van der Waals surface area contributed by atoms with Crippen LogP contribution in [0.4, 0.5) is 0 Å². The monoisotopic (exact) mass is 334 g/mol. The molecule has 1 heteroatoms. The summed E-state index contributed by atoms with van der Waals surface area (Å²) in [6, 6.07) is 28.6. The highest BCUT2D eigenvalue weighted by Gasteiger charge is 1.99. The summed E-state index contributed by atoms with van der Waals surface area (Å²) < 4.78 is 0. The van der Waals surface area contributed by atoms with Crippen LogP contribution in [0, 0.1) is 0 Å². The summed E-state index contributed by atoms with van der Waals surface area (Å²) in [5.41, 5.74) is 2.10. The number of hydrogen-bond donors (Lipinski definition) is 0. The minimum Gasteiger partial charge on any atom is -0.290 e. The van der Waals surface area contributed by atoms with E-state index < -0.39 is 0 Å². The third-order valence-corrected chi connectivity index (χ3v) is 4.50. The van der Waals surface area contributed by atoms with Crippen LogP contribution in [0.1, 0.15) is 11.1 Å². The van der Waals surface area contributed by atoms with Crippen molar-refractivity contribution in [2.75, 3.05) is 0 Å². The van der Waals surface area contributed by atoms with Crippen LogP contribution < -0.4 is 0 Å². The molecule has 0 heterocycles. The summed E-state index contributed by atoms with van der Waals surface area (Å²) in [6.45, 7) is 0. The van der Waals surface area contributed by atoms with Crippen molar-refractivity contribution in [1.82, 2.24) is 0 Å². The van der Waals surface area contributed by atoms with E-state index >= 15 is 0 Å². The fraction of sp³-hybridized carbons (Fsp3) is 0. The Morgan fingerprint density at radius 3 is 1.46 bits per heavy atom. The second-order valence-electron chi connectivity index (χ2n) is 6.21. The fourth-order valence-corrected chi connectivity index (χ4v) is 3.19. The van der Waals surface area contributed by atoms with Gasteiger partial charge < -0.3 is 0 Å². The topological polar surface area (TPSA) is 17.1 Å². The lowest BCUT2D eigenvalue weighted by Gasteiger charge is -2.01. The molecule has 0 fully saturated rings. The minimum absolute atomic E-state index is 0.0223. The maximum atomic E-state index is 12.3. The van der Waals surface area contributed by atoms with Crippen molar-refractivity contribution in [3.63, 3.8) is 0 Å². The van der Waals surface area contributed by atoms with Crippen LogP contribution in [0.5, 0.6) is 0 Å². The largest absolute Gasteiger partial charge is 0.290 e. The lowest BCUT2D eigenvalue weighted by atomic mass is 10.0. The van der Waals surface area contributed by atoms with Gasteiger partial charge in [0.1, 0.15) is 0 Å². The maximum absolute atomic E-state index is 12.3. The molecule has 0 spiro atoms. The van der Waals surface area contributed by atoms with E-state index in [0.29, 0.717) is 0 Å². The number of carbonyl (C=O) groups is 1. The van der Waals surface area contributed by atoms with Gasteiger partial charge in [0.15, 0.2) is 5.78 Å². The highest BCUT2D eigenvalue weighted by Crippen LogP contribution is 2.21. The molecule has 0 amide bonds. The Morgan fingerprint density at radius 2 is 0.962 bits per heavy atom. The highest BCUT2D eigenvalue weighted by atomic mass is 16.1. The van der Waals surface area contributed by atoms with Crippen molar-refractivity contribution in [2.24, 2.45) is 0 Å². The molecule has 0 bridgehead atoms. The van der Waals surface area contributed by atoms with E-state index in [9.17, 15) is 4.79 Å². The van der Waals surface area contributed by atoms with Gasteiger partial charge in [-0.2, -0.15) is 0 Å². The van der Waals surface area contributed by atoms with E-state index in [2.05, 4.69) is 36.4 Å². The van der Waals surface area contributed by atoms with Crippen LogP contribution >= 0.6 is 0 Å². The lowest BCUT2D eigenvalue weighted by Crippen LogP contribution is -1.86. The number of benzene rings is 4. The molecule has 0 radical (unpaired) electrons. The number of ketones is 1. The first-order valence-corrected chi connectivity index (χ1v) is 8.67. The van der Waals surface area contributed by atoms with Crippen LogP contribution in [0.15, 0.2) is 97.1 Å². The number of carbonyl (C=O) groups excluding carboxylic acids is 1. The Bertz CT molecular complexity index is 1050. The molecule has 0 aromatic heterocycles. The molecule has 0 aliphatic heterocycles. The normalized spacial score (nSPS) is 11.7. The molecular formula is C25H18O. The van der Waals surface area contributed by atoms with E-state index in [1.165, 1.54) is 10.8 Å². The smallest absolute Gasteiger partial charge is 0.178 e. The third kappa shape index (κ3) is 3.33. The van der Waals surface area contributed by atoms with Gasteiger partial charge in [-0.1, -0.05) is 97.1 Å². The molecule has 4 rings (SSSR count). The second-order valence-corrected chi connectivity index (χ2v) is 6.21. The summed E-state index contributed by atoms with van der Waals surface area (Å²) in [6.07, 6.45) is 7.03. The Morgan fingerprint density at radius 1 is 0.538 bits per heavy atom. The van der Waals surface area contributed by atoms with E-state index in [4.69, 9.17) is 0 Å². The summed E-state index contributed by atoms with van der Waals surface area (Å²) in [7, 11) is 0. The van der Waals surface area contributed by atoms with E-state index in [1.54, 1.807) is 12.2 Å². The van der Waals surface area contributed by atoms with Crippen molar-refractivity contribution in [1.29, 1.82) is 0 Å². The number of allylic oxidation sites excluding steroid dienone is 2. The van der Waals surface area contributed by atoms with Gasteiger partial charge in [-0.25, -0.2) is 0 Å². The highest BCUT2D eigenvalue weighted by molar-refractivity contribution is 6.06. The first-order valence-electron chi connectivity index (χ1n) is 8.67. The van der Waals surface area contributed by atoms with Gasteiger partial charge in [-0.3, -0.25) is 4.79 Å². The molecule has 26 heavy (non-hydrogen) atoms. The van der Waals surface area contributed by atoms with Crippen LogP contribution in [-0.4, -0.2) is 5.78 Å². The molecule has 0 saturated heterocycles. The van der Waals surface area contributed by atoms with Gasteiger partial charge in [0.25, 0.3) is 0 Å². The third-order valence-electron chi connectivity index (χ3n) is 4.50. The summed E-state index contributed by atoms with van der Waals surface area (Å²) in [5.74, 6) is -0.0223. The maximum Gasteiger partial charge on any atom is 0.178 e. The Hall–Kier alpha value is -3.45. The summed E-state index contributed by atoms with van der Waals surface area (Å²) in [4.78, 5) is 12.3. The molecule has 0 N–H and O–H groups in total. The van der Waals surface area contributed by atoms with Gasteiger partial charge >= 0.3 is 0 Å². The summed E-state index contributed by atoms with van der Waals surface area (Å²) >= 11 is 0. The molecule has 0 aliphatic rings. The first-order chi connectivity index (χ1) is 12.8. The molecule has 0 atom stereocenters. The van der Waals surface area contributed by atoms with E-state index in [-0.39, 0.29) is 5.78 Å². The zero-order chi connectivity index (χ0) is 17.8. The zero-order valence-electron chi connectivity index (χ0n) is 14.3. The van der Waals surface area contributed by atoms with Crippen molar-refractivity contribution >= 4 is 39.5 Å². The zero-order valence-corrected chi connectivity index (χ0v) is 14.3. The molecule has 1 nitrogen and oxygen atoms in total. The van der Waals surface area contributed by atoms with E-state index in [1.807, 2.05) is 60.7 Å². The molecule has 4 aromatic rings. The summed E-state index contributed by atoms with van der Waals surface area (Å²) in [5, 5.41) is 4.65. The Balaban J connectivity index is 1.58. The molecule has 0 saturated carbocycles. The fourth-order valence-electron chi connectivity index (χ4n) is 3.19. The standard InChI is InChI=1S/C25H18O/c26-23(17-15-21-11-5-9-19-7-1-3-13-24(19)21)18-16-22-12-6-10-20-8-2-4-14-25(20)22/h1-18H/b17-15+,18-16+. The van der Waals surface area contributed by atoms with Crippen LogP contribution in [0.25, 0.3) is 33.7 Å². The van der Waals surface area contributed by atoms with Gasteiger partial charge in [0.2, 0.25) is 0 Å². The molecule has 0 aliphatic carbocycles. The van der Waals surface area contributed by atoms with Crippen molar-refractivity contribution in [3.05, 3.63) is 108 Å². The SMILES string of the molecule is O=C(/C=C/c1cccc2ccccc12)/C=C/c1cccc2ccccc12. The average Bonchev–Trinajstić information content (AvgIpc) is 2.70. The second kappa shape index (κ2) is 7.20. The van der Waals surface area contributed by atoms with Crippen LogP contribution in [0.3, 0.4) is 0 Å². The van der Waals surface area contributed by atoms with Gasteiger partial charge in [0, 0.05) is 0 Å². The minimum atomic E-state index is -0.0223. The molecule has 0 unspecified atom stereocenters. The predicted molar refractivity (Wildman–Crippen MR) is 111 cm³/mol. The van der Waals surface area contributed by atoms with Gasteiger partial charge in [-0.05, 0) is 44.8 Å². The van der Waals surface area contributed by atoms with Crippen LogP contribution in [0.2, 0.25) is 0 Å². The average molecular weight is 334 g/mol. The first kappa shape index (κ1) is 16.0. The number of hydrogen-bond acceptors (Lipinski definition) is 1. The van der Waals surface area contributed by atoms with E-state index in [0.717, 1.165) is 21.9 Å². The van der Waals surface area contributed by atoms with Gasteiger partial charge in [0.05, 0.1) is 0 Å². The van der Waals surface area contributed by atoms with Crippen molar-refractivity contribution in [2.45, 2.75) is 0 Å². The predicted octanol–water partition coefficient (Wildman–Crippen LogP) is 6.29. The quantitative estimate of drug-likeness (QED) is 0.401. The molecule has 124 valence electrons. The van der Waals surface area contributed by atoms with Crippen LogP contribution in [-0.2, 0) is 4.79 Å². The Labute approximate surface area is 152 Å². The van der Waals surface area contributed by atoms with Crippen molar-refractivity contribution < 1.29 is 4.79 Å².